The summed E-state index contributed by atoms with van der Waals surface area (Å²) in [5.41, 5.74) is 0.818. The summed E-state index contributed by atoms with van der Waals surface area (Å²) in [4.78, 5) is 16.8. The number of nitrogens with one attached hydrogen (secondary N) is 1. The maximum absolute atomic E-state index is 12.1. The molecule has 1 fully saturated rings. The molecule has 0 bridgehead atoms. The second-order valence-corrected chi connectivity index (χ2v) is 5.62. The fraction of sp³-hybridized carbons (Fsp3) is 0.588. The van der Waals surface area contributed by atoms with Crippen molar-refractivity contribution in [3.8, 4) is 5.75 Å². The van der Waals surface area contributed by atoms with Crippen molar-refractivity contribution >= 4 is 11.6 Å². The van der Waals surface area contributed by atoms with Crippen LogP contribution < -0.4 is 10.1 Å². The number of hydrogen-bond donors (Lipinski definition) is 1. The number of amides is 1. The highest BCUT2D eigenvalue weighted by Crippen LogP contribution is 2.15. The van der Waals surface area contributed by atoms with Crippen molar-refractivity contribution in [1.82, 2.24) is 9.80 Å². The molecule has 22 heavy (non-hydrogen) atoms. The zero-order chi connectivity index (χ0) is 15.8. The SMILES string of the molecule is CCCN1CCN(CC(=O)Nc2ccc(OCC)cc2)CC1. The Morgan fingerprint density at radius 1 is 1.09 bits per heavy atom. The van der Waals surface area contributed by atoms with Crippen LogP contribution in [0, 0.1) is 0 Å². The predicted molar refractivity (Wildman–Crippen MR) is 89.4 cm³/mol. The first kappa shape index (κ1) is 16.8. The highest BCUT2D eigenvalue weighted by atomic mass is 16.5. The molecular formula is C17H27N3O2. The van der Waals surface area contributed by atoms with Gasteiger partial charge in [0.1, 0.15) is 5.75 Å². The molecule has 1 aromatic carbocycles. The number of carbonyl (C=O) groups is 1. The van der Waals surface area contributed by atoms with Crippen LogP contribution in [-0.2, 0) is 4.79 Å². The molecule has 5 nitrogen and oxygen atoms in total. The van der Waals surface area contributed by atoms with Gasteiger partial charge in [-0.1, -0.05) is 6.92 Å². The van der Waals surface area contributed by atoms with Crippen molar-refractivity contribution in [2.24, 2.45) is 0 Å². The number of hydrogen-bond acceptors (Lipinski definition) is 4. The number of carbonyl (C=O) groups excluding carboxylic acids is 1. The Morgan fingerprint density at radius 2 is 1.73 bits per heavy atom. The highest BCUT2D eigenvalue weighted by Gasteiger charge is 2.18. The van der Waals surface area contributed by atoms with Gasteiger partial charge in [-0.25, -0.2) is 0 Å². The van der Waals surface area contributed by atoms with Gasteiger partial charge in [0.2, 0.25) is 5.91 Å². The lowest BCUT2D eigenvalue weighted by atomic mass is 10.2. The van der Waals surface area contributed by atoms with Crippen LogP contribution in [-0.4, -0.2) is 61.6 Å². The summed E-state index contributed by atoms with van der Waals surface area (Å²) in [5, 5.41) is 2.95. The fourth-order valence-electron chi connectivity index (χ4n) is 2.69. The molecule has 0 radical (unpaired) electrons. The largest absolute Gasteiger partial charge is 0.494 e. The number of benzene rings is 1. The van der Waals surface area contributed by atoms with E-state index in [-0.39, 0.29) is 5.91 Å². The summed E-state index contributed by atoms with van der Waals surface area (Å²) in [7, 11) is 0. The van der Waals surface area contributed by atoms with Gasteiger partial charge >= 0.3 is 0 Å². The minimum absolute atomic E-state index is 0.0492. The molecule has 1 amide bonds. The molecule has 1 aromatic rings. The Morgan fingerprint density at radius 3 is 2.32 bits per heavy atom. The summed E-state index contributed by atoms with van der Waals surface area (Å²) in [5.74, 6) is 0.876. The maximum atomic E-state index is 12.1. The molecule has 5 heteroatoms. The van der Waals surface area contributed by atoms with Crippen LogP contribution in [0.3, 0.4) is 0 Å². The molecule has 0 unspecified atom stereocenters. The van der Waals surface area contributed by atoms with Gasteiger partial charge in [0.15, 0.2) is 0 Å². The van der Waals surface area contributed by atoms with Gasteiger partial charge in [-0.3, -0.25) is 9.69 Å². The molecule has 0 saturated carbocycles. The first-order valence-corrected chi connectivity index (χ1v) is 8.18. The normalized spacial score (nSPS) is 16.5. The lowest BCUT2D eigenvalue weighted by molar-refractivity contribution is -0.117. The second kappa shape index (κ2) is 8.76. The summed E-state index contributed by atoms with van der Waals surface area (Å²) in [6.45, 7) is 10.5. The van der Waals surface area contributed by atoms with Gasteiger partial charge in [-0.15, -0.1) is 0 Å². The summed E-state index contributed by atoms with van der Waals surface area (Å²) >= 11 is 0. The number of piperazine rings is 1. The Kier molecular flexibility index (Phi) is 6.68. The van der Waals surface area contributed by atoms with E-state index < -0.39 is 0 Å². The molecule has 122 valence electrons. The zero-order valence-electron chi connectivity index (χ0n) is 13.7. The first-order chi connectivity index (χ1) is 10.7. The van der Waals surface area contributed by atoms with Gasteiger partial charge in [0, 0.05) is 31.9 Å². The Labute approximate surface area is 133 Å². The third kappa shape index (κ3) is 5.31. The summed E-state index contributed by atoms with van der Waals surface area (Å²) in [6, 6.07) is 7.51. The van der Waals surface area contributed by atoms with Crippen molar-refractivity contribution in [2.45, 2.75) is 20.3 Å². The maximum Gasteiger partial charge on any atom is 0.238 e. The van der Waals surface area contributed by atoms with E-state index >= 15 is 0 Å². The summed E-state index contributed by atoms with van der Waals surface area (Å²) < 4.78 is 5.39. The van der Waals surface area contributed by atoms with Crippen molar-refractivity contribution < 1.29 is 9.53 Å². The summed E-state index contributed by atoms with van der Waals surface area (Å²) in [6.07, 6.45) is 1.19. The molecular weight excluding hydrogens is 278 g/mol. The lowest BCUT2D eigenvalue weighted by Crippen LogP contribution is -2.48. The van der Waals surface area contributed by atoms with Crippen LogP contribution in [0.2, 0.25) is 0 Å². The van der Waals surface area contributed by atoms with Crippen molar-refractivity contribution in [2.75, 3.05) is 51.2 Å². The minimum Gasteiger partial charge on any atom is -0.494 e. The molecule has 1 saturated heterocycles. The van der Waals surface area contributed by atoms with Crippen molar-refractivity contribution in [3.63, 3.8) is 0 Å². The monoisotopic (exact) mass is 305 g/mol. The van der Waals surface area contributed by atoms with E-state index in [2.05, 4.69) is 22.0 Å². The fourth-order valence-corrected chi connectivity index (χ4v) is 2.69. The molecule has 2 rings (SSSR count). The average Bonchev–Trinajstić information content (AvgIpc) is 2.52. The third-order valence-corrected chi connectivity index (χ3v) is 3.82. The standard InChI is InChI=1S/C17H27N3O2/c1-3-9-19-10-12-20(13-11-19)14-17(21)18-15-5-7-16(8-6-15)22-4-2/h5-8H,3-4,9-14H2,1-2H3,(H,18,21). The van der Waals surface area contributed by atoms with E-state index in [0.29, 0.717) is 13.2 Å². The molecule has 0 atom stereocenters. The smallest absolute Gasteiger partial charge is 0.238 e. The van der Waals surface area contributed by atoms with Gasteiger partial charge in [-0.05, 0) is 44.2 Å². The second-order valence-electron chi connectivity index (χ2n) is 5.62. The minimum atomic E-state index is 0.0492. The average molecular weight is 305 g/mol. The van der Waals surface area contributed by atoms with Gasteiger partial charge in [0.25, 0.3) is 0 Å². The molecule has 0 aliphatic carbocycles. The quantitative estimate of drug-likeness (QED) is 0.837. The topological polar surface area (TPSA) is 44.8 Å². The zero-order valence-corrected chi connectivity index (χ0v) is 13.7. The molecule has 1 aliphatic heterocycles. The number of ether oxygens (including phenoxy) is 1. The van der Waals surface area contributed by atoms with Crippen LogP contribution in [0.5, 0.6) is 5.75 Å². The van der Waals surface area contributed by atoms with Gasteiger partial charge in [-0.2, -0.15) is 0 Å². The lowest BCUT2D eigenvalue weighted by Gasteiger charge is -2.34. The van der Waals surface area contributed by atoms with Gasteiger partial charge < -0.3 is 15.0 Å². The van der Waals surface area contributed by atoms with E-state index in [9.17, 15) is 4.79 Å². The number of rotatable bonds is 7. The first-order valence-electron chi connectivity index (χ1n) is 8.18. The Hall–Kier alpha value is -1.59. The van der Waals surface area contributed by atoms with E-state index in [0.717, 1.165) is 44.2 Å². The van der Waals surface area contributed by atoms with Crippen LogP contribution in [0.25, 0.3) is 0 Å². The van der Waals surface area contributed by atoms with Crippen LogP contribution in [0.4, 0.5) is 5.69 Å². The van der Waals surface area contributed by atoms with Crippen molar-refractivity contribution in [3.05, 3.63) is 24.3 Å². The Balaban J connectivity index is 1.74. The number of anilines is 1. The predicted octanol–water partition coefficient (Wildman–Crippen LogP) is 2.05. The molecule has 1 aliphatic rings. The van der Waals surface area contributed by atoms with Crippen LogP contribution in [0.15, 0.2) is 24.3 Å². The molecule has 0 aromatic heterocycles. The van der Waals surface area contributed by atoms with Crippen LogP contribution in [0.1, 0.15) is 20.3 Å². The van der Waals surface area contributed by atoms with Crippen molar-refractivity contribution in [1.29, 1.82) is 0 Å². The van der Waals surface area contributed by atoms with E-state index in [1.165, 1.54) is 6.42 Å². The van der Waals surface area contributed by atoms with E-state index in [1.807, 2.05) is 31.2 Å². The van der Waals surface area contributed by atoms with E-state index in [1.54, 1.807) is 0 Å². The number of nitrogens with zero attached hydrogens (tertiary/aromatic N) is 2. The Bertz CT molecular complexity index is 453. The molecule has 0 spiro atoms. The molecule has 1 heterocycles. The van der Waals surface area contributed by atoms with Gasteiger partial charge in [0.05, 0.1) is 13.2 Å². The van der Waals surface area contributed by atoms with E-state index in [4.69, 9.17) is 4.74 Å². The molecule has 1 N–H and O–H groups in total. The third-order valence-electron chi connectivity index (χ3n) is 3.82. The van der Waals surface area contributed by atoms with Crippen LogP contribution >= 0.6 is 0 Å². The highest BCUT2D eigenvalue weighted by molar-refractivity contribution is 5.92.